The molecule has 0 saturated carbocycles. The second kappa shape index (κ2) is 4.77. The van der Waals surface area contributed by atoms with Gasteiger partial charge >= 0.3 is 5.97 Å². The van der Waals surface area contributed by atoms with Crippen molar-refractivity contribution in [2.45, 2.75) is 26.2 Å². The number of rotatable bonds is 4. The first-order chi connectivity index (χ1) is 6.53. The van der Waals surface area contributed by atoms with Gasteiger partial charge in [-0.1, -0.05) is 6.92 Å². The monoisotopic (exact) mass is 220 g/mol. The molecule has 0 radical (unpaired) electrons. The summed E-state index contributed by atoms with van der Waals surface area (Å²) in [6.45, 7) is 2.35. The molecule has 1 heterocycles. The molecule has 1 saturated heterocycles. The second-order valence-corrected chi connectivity index (χ2v) is 5.92. The van der Waals surface area contributed by atoms with Gasteiger partial charge in [0.05, 0.1) is 18.1 Å². The van der Waals surface area contributed by atoms with Gasteiger partial charge in [0.15, 0.2) is 9.84 Å². The number of ether oxygens (including phenoxy) is 1. The zero-order valence-electron chi connectivity index (χ0n) is 8.36. The van der Waals surface area contributed by atoms with Gasteiger partial charge in [-0.3, -0.25) is 4.79 Å². The van der Waals surface area contributed by atoms with E-state index in [-0.39, 0.29) is 29.8 Å². The molecule has 1 aliphatic heterocycles. The van der Waals surface area contributed by atoms with Crippen LogP contribution in [0.4, 0.5) is 0 Å². The average molecular weight is 220 g/mol. The highest BCUT2D eigenvalue weighted by atomic mass is 32.2. The van der Waals surface area contributed by atoms with Crippen molar-refractivity contribution in [3.8, 4) is 0 Å². The maximum Gasteiger partial charge on any atom is 0.306 e. The number of sulfone groups is 1. The molecule has 0 aromatic rings. The van der Waals surface area contributed by atoms with Crippen LogP contribution in [0.5, 0.6) is 0 Å². The summed E-state index contributed by atoms with van der Waals surface area (Å²) >= 11 is 0. The fourth-order valence-electron chi connectivity index (χ4n) is 1.54. The van der Waals surface area contributed by atoms with E-state index in [4.69, 9.17) is 4.74 Å². The highest BCUT2D eigenvalue weighted by molar-refractivity contribution is 7.91. The van der Waals surface area contributed by atoms with Crippen LogP contribution < -0.4 is 0 Å². The third kappa shape index (κ3) is 3.65. The van der Waals surface area contributed by atoms with Crippen LogP contribution >= 0.6 is 0 Å². The summed E-state index contributed by atoms with van der Waals surface area (Å²) in [4.78, 5) is 11.2. The Labute approximate surface area is 84.6 Å². The molecule has 0 aromatic carbocycles. The van der Waals surface area contributed by atoms with Crippen molar-refractivity contribution in [1.29, 1.82) is 0 Å². The fourth-order valence-corrected chi connectivity index (χ4v) is 3.41. The minimum atomic E-state index is -2.87. The molecular weight excluding hydrogens is 204 g/mol. The average Bonchev–Trinajstić information content (AvgIpc) is 2.42. The Bertz CT molecular complexity index is 294. The zero-order valence-corrected chi connectivity index (χ0v) is 9.18. The summed E-state index contributed by atoms with van der Waals surface area (Å²) in [5.74, 6) is 0.0748. The van der Waals surface area contributed by atoms with Crippen LogP contribution in [0.3, 0.4) is 0 Å². The second-order valence-electron chi connectivity index (χ2n) is 3.69. The lowest BCUT2D eigenvalue weighted by Gasteiger charge is -2.06. The van der Waals surface area contributed by atoms with Gasteiger partial charge in [0.2, 0.25) is 0 Å². The molecule has 5 heteroatoms. The summed E-state index contributed by atoms with van der Waals surface area (Å²) in [6.07, 6.45) is 1.65. The smallest absolute Gasteiger partial charge is 0.306 e. The van der Waals surface area contributed by atoms with Gasteiger partial charge in [-0.05, 0) is 18.8 Å². The molecule has 0 amide bonds. The van der Waals surface area contributed by atoms with E-state index in [2.05, 4.69) is 0 Å². The van der Waals surface area contributed by atoms with E-state index >= 15 is 0 Å². The van der Waals surface area contributed by atoms with E-state index < -0.39 is 9.84 Å². The molecule has 1 aliphatic rings. The molecule has 82 valence electrons. The molecule has 14 heavy (non-hydrogen) atoms. The molecule has 1 rings (SSSR count). The van der Waals surface area contributed by atoms with Gasteiger partial charge in [0.1, 0.15) is 0 Å². The van der Waals surface area contributed by atoms with Gasteiger partial charge in [0.25, 0.3) is 0 Å². The standard InChI is InChI=1S/C9H16O4S/c1-2-4-13-9(10)6-8-3-5-14(11,12)7-8/h8H,2-7H2,1H3. The summed E-state index contributed by atoms with van der Waals surface area (Å²) < 4.78 is 27.1. The number of carbonyl (C=O) groups excluding carboxylic acids is 1. The third-order valence-electron chi connectivity index (χ3n) is 2.25. The summed E-state index contributed by atoms with van der Waals surface area (Å²) in [5.41, 5.74) is 0. The third-order valence-corrected chi connectivity index (χ3v) is 4.09. The zero-order chi connectivity index (χ0) is 10.6. The van der Waals surface area contributed by atoms with Gasteiger partial charge in [-0.2, -0.15) is 0 Å². The number of carbonyl (C=O) groups is 1. The lowest BCUT2D eigenvalue weighted by Crippen LogP contribution is -2.13. The van der Waals surface area contributed by atoms with Crippen molar-refractivity contribution >= 4 is 15.8 Å². The van der Waals surface area contributed by atoms with Gasteiger partial charge in [0, 0.05) is 6.42 Å². The van der Waals surface area contributed by atoms with E-state index in [0.29, 0.717) is 13.0 Å². The van der Waals surface area contributed by atoms with Crippen molar-refractivity contribution < 1.29 is 17.9 Å². The van der Waals surface area contributed by atoms with Crippen molar-refractivity contribution in [3.05, 3.63) is 0 Å². The Morgan fingerprint density at radius 2 is 2.21 bits per heavy atom. The van der Waals surface area contributed by atoms with E-state index in [1.54, 1.807) is 0 Å². The Hall–Kier alpha value is -0.580. The minimum absolute atomic E-state index is 0.0237. The highest BCUT2D eigenvalue weighted by Crippen LogP contribution is 2.21. The first kappa shape index (κ1) is 11.5. The highest BCUT2D eigenvalue weighted by Gasteiger charge is 2.29. The maximum absolute atomic E-state index is 11.2. The SMILES string of the molecule is CCCOC(=O)CC1CCS(=O)(=O)C1. The molecule has 1 atom stereocenters. The Morgan fingerprint density at radius 3 is 2.71 bits per heavy atom. The molecule has 0 N–H and O–H groups in total. The quantitative estimate of drug-likeness (QED) is 0.656. The van der Waals surface area contributed by atoms with E-state index in [9.17, 15) is 13.2 Å². The molecule has 0 aliphatic carbocycles. The number of hydrogen-bond acceptors (Lipinski definition) is 4. The first-order valence-electron chi connectivity index (χ1n) is 4.89. The van der Waals surface area contributed by atoms with Gasteiger partial charge in [-0.25, -0.2) is 8.42 Å². The van der Waals surface area contributed by atoms with Crippen LogP contribution in [-0.4, -0.2) is 32.5 Å². The largest absolute Gasteiger partial charge is 0.466 e. The Kier molecular flexibility index (Phi) is 3.92. The van der Waals surface area contributed by atoms with Crippen LogP contribution in [0.2, 0.25) is 0 Å². The molecule has 1 unspecified atom stereocenters. The molecule has 0 bridgehead atoms. The number of esters is 1. The van der Waals surface area contributed by atoms with Crippen molar-refractivity contribution in [1.82, 2.24) is 0 Å². The maximum atomic E-state index is 11.2. The number of hydrogen-bond donors (Lipinski definition) is 0. The predicted octanol–water partition coefficient (Wildman–Crippen LogP) is 0.764. The van der Waals surface area contributed by atoms with E-state index in [1.165, 1.54) is 0 Å². The fraction of sp³-hybridized carbons (Fsp3) is 0.889. The van der Waals surface area contributed by atoms with E-state index in [0.717, 1.165) is 6.42 Å². The van der Waals surface area contributed by atoms with Gasteiger partial charge in [-0.15, -0.1) is 0 Å². The van der Waals surface area contributed by atoms with Crippen molar-refractivity contribution in [3.63, 3.8) is 0 Å². The molecule has 0 aromatic heterocycles. The lowest BCUT2D eigenvalue weighted by molar-refractivity contribution is -0.144. The molecule has 4 nitrogen and oxygen atoms in total. The summed E-state index contributed by atoms with van der Waals surface area (Å²) in [7, 11) is -2.87. The van der Waals surface area contributed by atoms with Crippen molar-refractivity contribution in [2.75, 3.05) is 18.1 Å². The summed E-state index contributed by atoms with van der Waals surface area (Å²) in [5, 5.41) is 0. The van der Waals surface area contributed by atoms with Gasteiger partial charge < -0.3 is 4.74 Å². The normalized spacial score (nSPS) is 24.8. The first-order valence-corrected chi connectivity index (χ1v) is 6.71. The molecule has 0 spiro atoms. The molecule has 1 fully saturated rings. The van der Waals surface area contributed by atoms with Crippen LogP contribution in [0.25, 0.3) is 0 Å². The van der Waals surface area contributed by atoms with E-state index in [1.807, 2.05) is 6.92 Å². The van der Waals surface area contributed by atoms with Crippen molar-refractivity contribution in [2.24, 2.45) is 5.92 Å². The van der Waals surface area contributed by atoms with Crippen LogP contribution in [0.1, 0.15) is 26.2 Å². The van der Waals surface area contributed by atoms with Crippen LogP contribution in [-0.2, 0) is 19.4 Å². The Balaban J connectivity index is 2.29. The van der Waals surface area contributed by atoms with Crippen LogP contribution in [0.15, 0.2) is 0 Å². The summed E-state index contributed by atoms with van der Waals surface area (Å²) in [6, 6.07) is 0. The predicted molar refractivity (Wildman–Crippen MR) is 52.6 cm³/mol. The molecular formula is C9H16O4S. The lowest BCUT2D eigenvalue weighted by atomic mass is 10.1. The minimum Gasteiger partial charge on any atom is -0.466 e. The Morgan fingerprint density at radius 1 is 1.50 bits per heavy atom. The topological polar surface area (TPSA) is 60.4 Å². The van der Waals surface area contributed by atoms with Crippen LogP contribution in [0, 0.1) is 5.92 Å².